The molecule has 0 spiro atoms. The second-order valence-corrected chi connectivity index (χ2v) is 8.31. The van der Waals surface area contributed by atoms with Crippen LogP contribution in [0.15, 0.2) is 42.5 Å². The number of halogens is 1. The molecule has 0 aliphatic heterocycles. The molecule has 162 valence electrons. The Kier molecular flexibility index (Phi) is 7.20. The Bertz CT molecular complexity index is 1130. The maximum absolute atomic E-state index is 12.8. The summed E-state index contributed by atoms with van der Waals surface area (Å²) in [4.78, 5) is 25.9. The number of benzene rings is 2. The van der Waals surface area contributed by atoms with Gasteiger partial charge in [0.2, 0.25) is 0 Å². The highest BCUT2D eigenvalue weighted by atomic mass is 35.5. The van der Waals surface area contributed by atoms with Crippen LogP contribution in [0.2, 0.25) is 5.02 Å². The summed E-state index contributed by atoms with van der Waals surface area (Å²) in [5.74, 6) is 0.0314. The van der Waals surface area contributed by atoms with E-state index >= 15 is 0 Å². The Labute approximate surface area is 189 Å². The molecule has 31 heavy (non-hydrogen) atoms. The van der Waals surface area contributed by atoms with Crippen LogP contribution in [0.4, 0.5) is 5.00 Å². The molecule has 3 rings (SSSR count). The smallest absolute Gasteiger partial charge is 0.341 e. The molecule has 1 aromatic heterocycles. The number of carbonyl (C=O) groups excluding carboxylic acids is 2. The topological polar surface area (TPSA) is 73.9 Å². The Balaban J connectivity index is 1.79. The van der Waals surface area contributed by atoms with Gasteiger partial charge in [0, 0.05) is 21.0 Å². The van der Waals surface area contributed by atoms with Crippen molar-refractivity contribution in [2.75, 3.05) is 19.5 Å². The molecule has 6 nitrogen and oxygen atoms in total. The van der Waals surface area contributed by atoms with Crippen LogP contribution >= 0.6 is 22.9 Å². The number of amides is 1. The number of thiophene rings is 1. The third-order valence-corrected chi connectivity index (χ3v) is 6.26. The summed E-state index contributed by atoms with van der Waals surface area (Å²) in [7, 11) is 2.81. The predicted molar refractivity (Wildman–Crippen MR) is 122 cm³/mol. The van der Waals surface area contributed by atoms with E-state index in [9.17, 15) is 9.59 Å². The van der Waals surface area contributed by atoms with Crippen molar-refractivity contribution in [3.05, 3.63) is 74.6 Å². The molecule has 0 fully saturated rings. The molecule has 3 aromatic rings. The molecule has 1 amide bonds. The fraction of sp³-hybridized carbons (Fsp3) is 0.217. The zero-order chi connectivity index (χ0) is 22.5. The lowest BCUT2D eigenvalue weighted by Crippen LogP contribution is -2.14. The summed E-state index contributed by atoms with van der Waals surface area (Å²) in [5.41, 5.74) is 2.35. The van der Waals surface area contributed by atoms with Gasteiger partial charge in [-0.2, -0.15) is 0 Å². The molecule has 0 saturated carbocycles. The maximum Gasteiger partial charge on any atom is 0.341 e. The fourth-order valence-electron chi connectivity index (χ4n) is 2.94. The van der Waals surface area contributed by atoms with E-state index < -0.39 is 5.97 Å². The predicted octanol–water partition coefficient (Wildman–Crippen LogP) is 5.64. The molecule has 1 N–H and O–H groups in total. The van der Waals surface area contributed by atoms with Gasteiger partial charge < -0.3 is 19.5 Å². The molecular formula is C23H22ClNO5S. The lowest BCUT2D eigenvalue weighted by molar-refractivity contribution is 0.0601. The summed E-state index contributed by atoms with van der Waals surface area (Å²) in [6.45, 7) is 3.97. The SMILES string of the molecule is COC(=O)c1c(NC(=O)c2ccc(OCc3ccccc3Cl)c(OC)c2)sc(C)c1C. The van der Waals surface area contributed by atoms with Gasteiger partial charge in [0.05, 0.1) is 19.8 Å². The first kappa shape index (κ1) is 22.7. The second-order valence-electron chi connectivity index (χ2n) is 6.68. The highest BCUT2D eigenvalue weighted by Gasteiger charge is 2.22. The average molecular weight is 460 g/mol. The Morgan fingerprint density at radius 2 is 1.81 bits per heavy atom. The van der Waals surface area contributed by atoms with E-state index in [-0.39, 0.29) is 12.5 Å². The number of nitrogens with one attached hydrogen (secondary N) is 1. The lowest BCUT2D eigenvalue weighted by Gasteiger charge is -2.13. The van der Waals surface area contributed by atoms with Crippen molar-refractivity contribution in [3.63, 3.8) is 0 Å². The minimum Gasteiger partial charge on any atom is -0.493 e. The van der Waals surface area contributed by atoms with Gasteiger partial charge in [-0.1, -0.05) is 29.8 Å². The molecular weight excluding hydrogens is 438 g/mol. The number of carbonyl (C=O) groups is 2. The number of hydrogen-bond donors (Lipinski definition) is 1. The van der Waals surface area contributed by atoms with Gasteiger partial charge in [-0.15, -0.1) is 11.3 Å². The molecule has 0 radical (unpaired) electrons. The second kappa shape index (κ2) is 9.85. The molecule has 0 bridgehead atoms. The maximum atomic E-state index is 12.8. The standard InChI is InChI=1S/C23H22ClNO5S/c1-13-14(2)31-22(20(13)23(27)29-4)25-21(26)15-9-10-18(19(11-15)28-3)30-12-16-7-5-6-8-17(16)24/h5-11H,12H2,1-4H3,(H,25,26). The summed E-state index contributed by atoms with van der Waals surface area (Å²) < 4.78 is 16.1. The summed E-state index contributed by atoms with van der Waals surface area (Å²) in [6, 6.07) is 12.3. The first-order chi connectivity index (χ1) is 14.8. The highest BCUT2D eigenvalue weighted by molar-refractivity contribution is 7.16. The van der Waals surface area contributed by atoms with Crippen molar-refractivity contribution in [1.29, 1.82) is 0 Å². The zero-order valence-electron chi connectivity index (χ0n) is 17.6. The summed E-state index contributed by atoms with van der Waals surface area (Å²) in [5, 5.41) is 3.87. The van der Waals surface area contributed by atoms with Crippen LogP contribution < -0.4 is 14.8 Å². The Hall–Kier alpha value is -3.03. The van der Waals surface area contributed by atoms with Crippen molar-refractivity contribution in [2.24, 2.45) is 0 Å². The normalized spacial score (nSPS) is 10.5. The lowest BCUT2D eigenvalue weighted by atomic mass is 10.1. The summed E-state index contributed by atoms with van der Waals surface area (Å²) >= 11 is 7.50. The van der Waals surface area contributed by atoms with Crippen LogP contribution in [0.3, 0.4) is 0 Å². The molecule has 1 heterocycles. The van der Waals surface area contributed by atoms with Crippen molar-refractivity contribution in [2.45, 2.75) is 20.5 Å². The van der Waals surface area contributed by atoms with Crippen LogP contribution in [0.5, 0.6) is 11.5 Å². The first-order valence-corrected chi connectivity index (χ1v) is 10.6. The zero-order valence-corrected chi connectivity index (χ0v) is 19.1. The van der Waals surface area contributed by atoms with E-state index in [4.69, 9.17) is 25.8 Å². The Morgan fingerprint density at radius 3 is 2.48 bits per heavy atom. The van der Waals surface area contributed by atoms with Gasteiger partial charge in [0.1, 0.15) is 11.6 Å². The van der Waals surface area contributed by atoms with Gasteiger partial charge in [0.25, 0.3) is 5.91 Å². The van der Waals surface area contributed by atoms with Crippen molar-refractivity contribution >= 4 is 39.8 Å². The van der Waals surface area contributed by atoms with Gasteiger partial charge in [-0.05, 0) is 43.7 Å². The van der Waals surface area contributed by atoms with E-state index in [0.717, 1.165) is 16.0 Å². The van der Waals surface area contributed by atoms with Gasteiger partial charge >= 0.3 is 5.97 Å². The number of esters is 1. The number of aryl methyl sites for hydroxylation is 1. The molecule has 8 heteroatoms. The number of rotatable bonds is 7. The minimum absolute atomic E-state index is 0.262. The van der Waals surface area contributed by atoms with Crippen LogP contribution in [-0.4, -0.2) is 26.1 Å². The van der Waals surface area contributed by atoms with Crippen LogP contribution in [0.25, 0.3) is 0 Å². The van der Waals surface area contributed by atoms with E-state index in [0.29, 0.717) is 32.6 Å². The van der Waals surface area contributed by atoms with Crippen molar-refractivity contribution in [1.82, 2.24) is 0 Å². The first-order valence-electron chi connectivity index (χ1n) is 9.39. The molecule has 0 atom stereocenters. The number of anilines is 1. The third kappa shape index (κ3) is 5.00. The van der Waals surface area contributed by atoms with Crippen LogP contribution in [0.1, 0.15) is 36.7 Å². The number of methoxy groups -OCH3 is 2. The average Bonchev–Trinajstić information content (AvgIpc) is 3.05. The number of ether oxygens (including phenoxy) is 3. The Morgan fingerprint density at radius 1 is 1.06 bits per heavy atom. The fourth-order valence-corrected chi connectivity index (χ4v) is 4.17. The van der Waals surface area contributed by atoms with E-state index in [1.54, 1.807) is 24.3 Å². The molecule has 0 saturated heterocycles. The van der Waals surface area contributed by atoms with Gasteiger partial charge in [0.15, 0.2) is 11.5 Å². The molecule has 0 unspecified atom stereocenters. The van der Waals surface area contributed by atoms with E-state index in [1.165, 1.54) is 25.6 Å². The van der Waals surface area contributed by atoms with Gasteiger partial charge in [-0.25, -0.2) is 4.79 Å². The van der Waals surface area contributed by atoms with Crippen molar-refractivity contribution in [3.8, 4) is 11.5 Å². The summed E-state index contributed by atoms with van der Waals surface area (Å²) in [6.07, 6.45) is 0. The quantitative estimate of drug-likeness (QED) is 0.462. The molecule has 0 aliphatic carbocycles. The highest BCUT2D eigenvalue weighted by Crippen LogP contribution is 2.34. The monoisotopic (exact) mass is 459 g/mol. The van der Waals surface area contributed by atoms with E-state index in [1.807, 2.05) is 32.0 Å². The van der Waals surface area contributed by atoms with Gasteiger partial charge in [-0.3, -0.25) is 4.79 Å². The minimum atomic E-state index is -0.488. The van der Waals surface area contributed by atoms with Crippen LogP contribution in [-0.2, 0) is 11.3 Å². The van der Waals surface area contributed by atoms with E-state index in [2.05, 4.69) is 5.32 Å². The van der Waals surface area contributed by atoms with Crippen LogP contribution in [0, 0.1) is 13.8 Å². The molecule has 0 aliphatic rings. The molecule has 2 aromatic carbocycles. The third-order valence-electron chi connectivity index (χ3n) is 4.77. The number of hydrogen-bond acceptors (Lipinski definition) is 6. The largest absolute Gasteiger partial charge is 0.493 e. The van der Waals surface area contributed by atoms with Crippen molar-refractivity contribution < 1.29 is 23.8 Å².